The first-order valence-electron chi connectivity index (χ1n) is 6.09. The van der Waals surface area contributed by atoms with Crippen LogP contribution in [0.1, 0.15) is 34.2 Å². The molecule has 2 rings (SSSR count). The van der Waals surface area contributed by atoms with Gasteiger partial charge in [0.25, 0.3) is 5.91 Å². The number of hydrogen-bond acceptors (Lipinski definition) is 4. The monoisotopic (exact) mass is 264 g/mol. The summed E-state index contributed by atoms with van der Waals surface area (Å²) in [4.78, 5) is 28.3. The van der Waals surface area contributed by atoms with E-state index < -0.39 is 5.97 Å². The van der Waals surface area contributed by atoms with Crippen molar-refractivity contribution in [2.24, 2.45) is 0 Å². The molecule has 0 aliphatic carbocycles. The lowest BCUT2D eigenvalue weighted by molar-refractivity contribution is 0.0573. The van der Waals surface area contributed by atoms with Crippen LogP contribution in [-0.4, -0.2) is 52.7 Å². The van der Waals surface area contributed by atoms with Crippen molar-refractivity contribution in [1.82, 2.24) is 9.88 Å². The van der Waals surface area contributed by atoms with E-state index >= 15 is 0 Å². The molecule has 1 aliphatic rings. The van der Waals surface area contributed by atoms with Crippen LogP contribution in [0.5, 0.6) is 0 Å². The number of likely N-dealkylation sites (N-methyl/N-ethyl adjacent to an activating group) is 1. The molecule has 1 fully saturated rings. The molecule has 2 atom stereocenters. The van der Waals surface area contributed by atoms with Gasteiger partial charge in [-0.1, -0.05) is 0 Å². The van der Waals surface area contributed by atoms with Crippen LogP contribution in [-0.2, 0) is 4.74 Å². The van der Waals surface area contributed by atoms with Crippen molar-refractivity contribution in [3.8, 4) is 0 Å². The first kappa shape index (κ1) is 13.5. The first-order chi connectivity index (χ1) is 9.00. The number of nitrogens with zero attached hydrogens (tertiary/aromatic N) is 2. The average molecular weight is 264 g/mol. The van der Waals surface area contributed by atoms with Crippen molar-refractivity contribution in [3.05, 3.63) is 29.6 Å². The molecule has 0 radical (unpaired) electrons. The zero-order chi connectivity index (χ0) is 14.0. The molecular formula is C13H16N2O4. The number of carboxylic acid groups (broad SMARTS) is 1. The van der Waals surface area contributed by atoms with Crippen molar-refractivity contribution in [3.63, 3.8) is 0 Å². The van der Waals surface area contributed by atoms with Crippen LogP contribution in [0.4, 0.5) is 0 Å². The van der Waals surface area contributed by atoms with Crippen molar-refractivity contribution in [2.45, 2.75) is 25.5 Å². The number of carbonyl (C=O) groups is 2. The number of carbonyl (C=O) groups excluding carboxylic acids is 1. The van der Waals surface area contributed by atoms with Crippen LogP contribution in [0.15, 0.2) is 18.3 Å². The summed E-state index contributed by atoms with van der Waals surface area (Å²) < 4.78 is 5.44. The second kappa shape index (κ2) is 5.36. The van der Waals surface area contributed by atoms with Crippen LogP contribution in [0.2, 0.25) is 0 Å². The smallest absolute Gasteiger partial charge is 0.354 e. The predicted octanol–water partition coefficient (Wildman–Crippen LogP) is 1.03. The van der Waals surface area contributed by atoms with Crippen molar-refractivity contribution in [1.29, 1.82) is 0 Å². The maximum atomic E-state index is 12.2. The molecule has 2 heterocycles. The number of aromatic carboxylic acids is 1. The predicted molar refractivity (Wildman–Crippen MR) is 67.1 cm³/mol. The Bertz CT molecular complexity index is 486. The molecule has 1 aliphatic heterocycles. The van der Waals surface area contributed by atoms with Gasteiger partial charge >= 0.3 is 5.97 Å². The second-order valence-corrected chi connectivity index (χ2v) is 4.59. The molecule has 102 valence electrons. The third-order valence-electron chi connectivity index (χ3n) is 3.38. The maximum Gasteiger partial charge on any atom is 0.354 e. The summed E-state index contributed by atoms with van der Waals surface area (Å²) in [6.45, 7) is 2.59. The molecule has 0 spiro atoms. The van der Waals surface area contributed by atoms with E-state index in [0.717, 1.165) is 6.42 Å². The lowest BCUT2D eigenvalue weighted by atomic mass is 10.1. The number of rotatable bonds is 3. The van der Waals surface area contributed by atoms with Crippen molar-refractivity contribution >= 4 is 11.9 Å². The Morgan fingerprint density at radius 2 is 2.21 bits per heavy atom. The Hall–Kier alpha value is -1.95. The van der Waals surface area contributed by atoms with Gasteiger partial charge in [-0.05, 0) is 25.5 Å². The minimum atomic E-state index is -1.11. The molecule has 0 saturated carbocycles. The highest BCUT2D eigenvalue weighted by Crippen LogP contribution is 2.19. The number of carboxylic acids is 1. The van der Waals surface area contributed by atoms with Crippen LogP contribution in [0, 0.1) is 0 Å². The lowest BCUT2D eigenvalue weighted by Crippen LogP contribution is -2.41. The molecule has 2 unspecified atom stereocenters. The van der Waals surface area contributed by atoms with E-state index in [9.17, 15) is 9.59 Å². The summed E-state index contributed by atoms with van der Waals surface area (Å²) in [7, 11) is 1.73. The van der Waals surface area contributed by atoms with Crippen LogP contribution in [0.25, 0.3) is 0 Å². The van der Waals surface area contributed by atoms with E-state index in [1.165, 1.54) is 18.3 Å². The Kier molecular flexibility index (Phi) is 3.80. The van der Waals surface area contributed by atoms with E-state index in [1.807, 2.05) is 6.92 Å². The van der Waals surface area contributed by atoms with E-state index in [1.54, 1.807) is 11.9 Å². The standard InChI is InChI=1S/C13H16N2O4/c1-8-11(5-6-19-8)15(2)12(16)9-3-4-10(13(17)18)14-7-9/h3-4,7-8,11H,5-6H2,1-2H3,(H,17,18). The minimum Gasteiger partial charge on any atom is -0.477 e. The fourth-order valence-electron chi connectivity index (χ4n) is 2.23. The maximum absolute atomic E-state index is 12.2. The summed E-state index contributed by atoms with van der Waals surface area (Å²) in [5.74, 6) is -1.28. The number of amides is 1. The van der Waals surface area contributed by atoms with Gasteiger partial charge in [0.05, 0.1) is 17.7 Å². The molecular weight excluding hydrogens is 248 g/mol. The molecule has 1 aromatic heterocycles. The molecule has 0 aromatic carbocycles. The van der Waals surface area contributed by atoms with E-state index in [4.69, 9.17) is 9.84 Å². The zero-order valence-electron chi connectivity index (χ0n) is 10.9. The first-order valence-corrected chi connectivity index (χ1v) is 6.09. The quantitative estimate of drug-likeness (QED) is 0.882. The number of hydrogen-bond donors (Lipinski definition) is 1. The van der Waals surface area contributed by atoms with Crippen LogP contribution < -0.4 is 0 Å². The average Bonchev–Trinajstić information content (AvgIpc) is 2.83. The van der Waals surface area contributed by atoms with Crippen LogP contribution in [0.3, 0.4) is 0 Å². The highest BCUT2D eigenvalue weighted by atomic mass is 16.5. The third-order valence-corrected chi connectivity index (χ3v) is 3.38. The summed E-state index contributed by atoms with van der Waals surface area (Å²) in [6.07, 6.45) is 2.12. The molecule has 1 N–H and O–H groups in total. The Labute approximate surface area is 111 Å². The molecule has 6 heteroatoms. The van der Waals surface area contributed by atoms with Gasteiger partial charge in [-0.15, -0.1) is 0 Å². The minimum absolute atomic E-state index is 0.0141. The molecule has 0 bridgehead atoms. The Morgan fingerprint density at radius 3 is 2.68 bits per heavy atom. The molecule has 1 amide bonds. The summed E-state index contributed by atoms with van der Waals surface area (Å²) in [5.41, 5.74) is 0.309. The van der Waals surface area contributed by atoms with Crippen molar-refractivity contribution in [2.75, 3.05) is 13.7 Å². The van der Waals surface area contributed by atoms with Crippen molar-refractivity contribution < 1.29 is 19.4 Å². The lowest BCUT2D eigenvalue weighted by Gasteiger charge is -2.26. The Morgan fingerprint density at radius 1 is 1.47 bits per heavy atom. The number of aromatic nitrogens is 1. The highest BCUT2D eigenvalue weighted by Gasteiger charge is 2.31. The van der Waals surface area contributed by atoms with Gasteiger partial charge in [0.15, 0.2) is 0 Å². The summed E-state index contributed by atoms with van der Waals surface area (Å²) in [5, 5.41) is 8.76. The van der Waals surface area contributed by atoms with E-state index in [0.29, 0.717) is 12.2 Å². The van der Waals surface area contributed by atoms with Gasteiger partial charge in [-0.3, -0.25) is 4.79 Å². The summed E-state index contributed by atoms with van der Waals surface area (Å²) >= 11 is 0. The normalized spacial score (nSPS) is 22.2. The number of pyridine rings is 1. The van der Waals surface area contributed by atoms with Gasteiger partial charge in [-0.2, -0.15) is 0 Å². The molecule has 19 heavy (non-hydrogen) atoms. The van der Waals surface area contributed by atoms with E-state index in [2.05, 4.69) is 4.98 Å². The fourth-order valence-corrected chi connectivity index (χ4v) is 2.23. The van der Waals surface area contributed by atoms with E-state index in [-0.39, 0.29) is 23.7 Å². The Balaban J connectivity index is 2.12. The van der Waals surface area contributed by atoms with Gasteiger partial charge in [0.2, 0.25) is 0 Å². The fraction of sp³-hybridized carbons (Fsp3) is 0.462. The highest BCUT2D eigenvalue weighted by molar-refractivity contribution is 5.95. The zero-order valence-corrected chi connectivity index (χ0v) is 10.9. The largest absolute Gasteiger partial charge is 0.477 e. The van der Waals surface area contributed by atoms with Gasteiger partial charge in [-0.25, -0.2) is 9.78 Å². The van der Waals surface area contributed by atoms with Gasteiger partial charge in [0, 0.05) is 19.9 Å². The second-order valence-electron chi connectivity index (χ2n) is 4.59. The summed E-state index contributed by atoms with van der Waals surface area (Å²) in [6, 6.07) is 2.86. The third kappa shape index (κ3) is 2.73. The number of ether oxygens (including phenoxy) is 1. The van der Waals surface area contributed by atoms with Gasteiger partial charge < -0.3 is 14.7 Å². The molecule has 1 saturated heterocycles. The van der Waals surface area contributed by atoms with Gasteiger partial charge in [0.1, 0.15) is 5.69 Å². The SMILES string of the molecule is CC1OCCC1N(C)C(=O)c1ccc(C(=O)O)nc1. The topological polar surface area (TPSA) is 79.7 Å². The van der Waals surface area contributed by atoms with Crippen LogP contribution >= 0.6 is 0 Å². The molecule has 1 aromatic rings. The molecule has 6 nitrogen and oxygen atoms in total.